The maximum absolute atomic E-state index is 12.7. The zero-order chi connectivity index (χ0) is 14.2. The minimum atomic E-state index is -3.54. The Morgan fingerprint density at radius 3 is 2.47 bits per heavy atom. The normalized spacial score (nSPS) is 29.6. The van der Waals surface area contributed by atoms with Gasteiger partial charge in [0.15, 0.2) is 0 Å². The molecule has 6 nitrogen and oxygen atoms in total. The molecule has 2 rings (SSSR count). The summed E-state index contributed by atoms with van der Waals surface area (Å²) in [6, 6.07) is -0.104. The second kappa shape index (κ2) is 5.65. The fraction of sp³-hybridized carbons (Fsp3) is 1.00. The zero-order valence-corrected chi connectivity index (χ0v) is 12.4. The van der Waals surface area contributed by atoms with Gasteiger partial charge in [-0.1, -0.05) is 0 Å². The molecule has 0 amide bonds. The van der Waals surface area contributed by atoms with E-state index in [4.69, 9.17) is 5.11 Å². The molecule has 0 radical (unpaired) electrons. The molecule has 2 N–H and O–H groups in total. The fourth-order valence-corrected chi connectivity index (χ4v) is 5.26. The van der Waals surface area contributed by atoms with E-state index in [1.54, 1.807) is 18.2 Å². The highest BCUT2D eigenvalue weighted by atomic mass is 32.2. The molecule has 3 atom stereocenters. The van der Waals surface area contributed by atoms with Crippen molar-refractivity contribution < 1.29 is 18.6 Å². The molecule has 2 bridgehead atoms. The Morgan fingerprint density at radius 1 is 1.37 bits per heavy atom. The molecule has 3 unspecified atom stereocenters. The summed E-state index contributed by atoms with van der Waals surface area (Å²) in [6.07, 6.45) is 2.00. The lowest BCUT2D eigenvalue weighted by Crippen LogP contribution is -2.52. The largest absolute Gasteiger partial charge is 0.394 e. The Balaban J connectivity index is 2.15. The summed E-state index contributed by atoms with van der Waals surface area (Å²) in [5.41, 5.74) is 0. The van der Waals surface area contributed by atoms with Crippen LogP contribution in [-0.2, 0) is 10.2 Å². The van der Waals surface area contributed by atoms with Crippen molar-refractivity contribution in [3.05, 3.63) is 0 Å². The summed E-state index contributed by atoms with van der Waals surface area (Å²) >= 11 is 0. The second-order valence-corrected chi connectivity index (χ2v) is 7.74. The molecule has 0 aromatic carbocycles. The van der Waals surface area contributed by atoms with Gasteiger partial charge in [-0.2, -0.15) is 17.0 Å². The predicted octanol–water partition coefficient (Wildman–Crippen LogP) is -0.221. The summed E-state index contributed by atoms with van der Waals surface area (Å²) in [4.78, 5) is 0. The van der Waals surface area contributed by atoms with Crippen molar-refractivity contribution in [2.24, 2.45) is 5.92 Å². The van der Waals surface area contributed by atoms with Gasteiger partial charge in [0, 0.05) is 25.2 Å². The Hall–Kier alpha value is -0.210. The van der Waals surface area contributed by atoms with E-state index >= 15 is 0 Å². The number of aliphatic hydroxyl groups is 2. The van der Waals surface area contributed by atoms with Crippen molar-refractivity contribution >= 4 is 10.2 Å². The van der Waals surface area contributed by atoms with Gasteiger partial charge in [0.05, 0.1) is 12.7 Å². The molecule has 7 heteroatoms. The first-order chi connectivity index (χ1) is 8.86. The van der Waals surface area contributed by atoms with Crippen molar-refractivity contribution in [3.8, 4) is 0 Å². The molecule has 1 saturated heterocycles. The number of fused-ring (bicyclic) bond motifs is 2. The SMILES string of the molecule is CC(C)N(CC(O)CO)S(=O)(=O)N1CC2CCC1C2. The predicted molar refractivity (Wildman–Crippen MR) is 71.7 cm³/mol. The minimum Gasteiger partial charge on any atom is -0.394 e. The van der Waals surface area contributed by atoms with E-state index in [2.05, 4.69) is 0 Å². The monoisotopic (exact) mass is 292 g/mol. The van der Waals surface area contributed by atoms with E-state index in [9.17, 15) is 13.5 Å². The lowest BCUT2D eigenvalue weighted by atomic mass is 10.1. The lowest BCUT2D eigenvalue weighted by molar-refractivity contribution is 0.0716. The van der Waals surface area contributed by atoms with Crippen LogP contribution in [0.15, 0.2) is 0 Å². The highest BCUT2D eigenvalue weighted by molar-refractivity contribution is 7.86. The van der Waals surface area contributed by atoms with Crippen LogP contribution in [-0.4, -0.2) is 65.1 Å². The van der Waals surface area contributed by atoms with Crippen LogP contribution < -0.4 is 0 Å². The maximum atomic E-state index is 12.7. The lowest BCUT2D eigenvalue weighted by Gasteiger charge is -2.35. The Labute approximate surface area is 115 Å². The molecule has 1 aliphatic carbocycles. The number of hydrogen-bond acceptors (Lipinski definition) is 4. The van der Waals surface area contributed by atoms with E-state index in [1.807, 2.05) is 0 Å². The highest BCUT2D eigenvalue weighted by Crippen LogP contribution is 2.39. The van der Waals surface area contributed by atoms with Gasteiger partial charge in [-0.05, 0) is 39.0 Å². The molecule has 19 heavy (non-hydrogen) atoms. The van der Waals surface area contributed by atoms with Crippen molar-refractivity contribution in [1.82, 2.24) is 8.61 Å². The molecule has 0 aromatic rings. The van der Waals surface area contributed by atoms with Crippen LogP contribution in [0, 0.1) is 5.92 Å². The van der Waals surface area contributed by atoms with Crippen molar-refractivity contribution in [2.45, 2.75) is 51.3 Å². The van der Waals surface area contributed by atoms with Crippen LogP contribution in [0.25, 0.3) is 0 Å². The first-order valence-corrected chi connectivity index (χ1v) is 8.33. The van der Waals surface area contributed by atoms with E-state index in [1.165, 1.54) is 4.31 Å². The maximum Gasteiger partial charge on any atom is 0.282 e. The Morgan fingerprint density at radius 2 is 2.05 bits per heavy atom. The molecule has 0 spiro atoms. The topological polar surface area (TPSA) is 81.1 Å². The fourth-order valence-electron chi connectivity index (χ4n) is 3.13. The molecule has 2 fully saturated rings. The van der Waals surface area contributed by atoms with Crippen LogP contribution in [0.2, 0.25) is 0 Å². The van der Waals surface area contributed by atoms with E-state index in [0.717, 1.165) is 19.3 Å². The van der Waals surface area contributed by atoms with Gasteiger partial charge in [-0.15, -0.1) is 0 Å². The molecule has 1 heterocycles. The highest BCUT2D eigenvalue weighted by Gasteiger charge is 2.46. The van der Waals surface area contributed by atoms with Gasteiger partial charge in [0.2, 0.25) is 0 Å². The van der Waals surface area contributed by atoms with E-state index < -0.39 is 22.9 Å². The van der Waals surface area contributed by atoms with Crippen molar-refractivity contribution in [3.63, 3.8) is 0 Å². The van der Waals surface area contributed by atoms with Crippen LogP contribution in [0.1, 0.15) is 33.1 Å². The Bertz CT molecular complexity index is 412. The van der Waals surface area contributed by atoms with Gasteiger partial charge in [0.25, 0.3) is 10.2 Å². The standard InChI is InChI=1S/C12H24N2O4S/c1-9(2)13(7-12(16)8-15)19(17,18)14-6-10-3-4-11(14)5-10/h9-12,15-16H,3-8H2,1-2H3. The summed E-state index contributed by atoms with van der Waals surface area (Å²) in [7, 11) is -3.54. The van der Waals surface area contributed by atoms with Gasteiger partial charge >= 0.3 is 0 Å². The summed E-state index contributed by atoms with van der Waals surface area (Å²) < 4.78 is 28.2. The Kier molecular flexibility index (Phi) is 4.52. The molecular weight excluding hydrogens is 268 g/mol. The molecule has 1 saturated carbocycles. The van der Waals surface area contributed by atoms with Crippen LogP contribution >= 0.6 is 0 Å². The number of piperidine rings is 1. The molecule has 112 valence electrons. The molecular formula is C12H24N2O4S. The van der Waals surface area contributed by atoms with Crippen LogP contribution in [0.3, 0.4) is 0 Å². The second-order valence-electron chi connectivity index (χ2n) is 5.91. The van der Waals surface area contributed by atoms with Crippen molar-refractivity contribution in [1.29, 1.82) is 0 Å². The smallest absolute Gasteiger partial charge is 0.282 e. The minimum absolute atomic E-state index is 0.0512. The number of aliphatic hydroxyl groups excluding tert-OH is 2. The third kappa shape index (κ3) is 2.95. The van der Waals surface area contributed by atoms with Gasteiger partial charge in [-0.25, -0.2) is 0 Å². The van der Waals surface area contributed by atoms with E-state index in [-0.39, 0.29) is 18.6 Å². The zero-order valence-electron chi connectivity index (χ0n) is 11.6. The van der Waals surface area contributed by atoms with Gasteiger partial charge in [0.1, 0.15) is 0 Å². The quantitative estimate of drug-likeness (QED) is 0.709. The van der Waals surface area contributed by atoms with Gasteiger partial charge in [-0.3, -0.25) is 0 Å². The third-order valence-electron chi connectivity index (χ3n) is 4.13. The summed E-state index contributed by atoms with van der Waals surface area (Å²) in [5, 5.41) is 18.5. The molecule has 2 aliphatic rings. The summed E-state index contributed by atoms with van der Waals surface area (Å²) in [5.74, 6) is 0.497. The molecule has 0 aromatic heterocycles. The van der Waals surface area contributed by atoms with Crippen molar-refractivity contribution in [2.75, 3.05) is 19.7 Å². The first-order valence-electron chi connectivity index (χ1n) is 6.93. The van der Waals surface area contributed by atoms with Crippen LogP contribution in [0.4, 0.5) is 0 Å². The molecule has 1 aliphatic heterocycles. The average Bonchev–Trinajstić information content (AvgIpc) is 2.97. The third-order valence-corrected chi connectivity index (χ3v) is 6.33. The average molecular weight is 292 g/mol. The number of rotatable bonds is 6. The number of nitrogens with zero attached hydrogens (tertiary/aromatic N) is 2. The number of hydrogen-bond donors (Lipinski definition) is 2. The van der Waals surface area contributed by atoms with Gasteiger partial charge < -0.3 is 10.2 Å². The summed E-state index contributed by atoms with van der Waals surface area (Å²) in [6.45, 7) is 3.70. The van der Waals surface area contributed by atoms with E-state index in [0.29, 0.717) is 12.5 Å². The first kappa shape index (κ1) is 15.2. The van der Waals surface area contributed by atoms with Crippen LogP contribution in [0.5, 0.6) is 0 Å².